The molecule has 1 aliphatic rings. The molecule has 0 aromatic carbocycles. The van der Waals surface area contributed by atoms with Gasteiger partial charge in [-0.25, -0.2) is 9.59 Å². The first-order valence-electron chi connectivity index (χ1n) is 17.0. The average Bonchev–Trinajstić information content (AvgIpc) is 2.92. The van der Waals surface area contributed by atoms with Crippen LogP contribution >= 0.6 is 0 Å². The lowest BCUT2D eigenvalue weighted by Gasteiger charge is -2.30. The first-order chi connectivity index (χ1) is 22.0. The van der Waals surface area contributed by atoms with Crippen LogP contribution in [0.2, 0.25) is 0 Å². The standard InChI is InChI=1S/C31H51N3O8.C5H12O/c1-9-41-28(39)22(34-29(40)33-21(19-35)13-14-26(38)42-30(4,5)6)12-10-11-15-32-23(16-20(2)3)27-24(36)17-31(7,8)18-25(27)37;1-5(2,3)6-4/h19-22,36H,9-18H2,1-8H3,(H2,33,34,40);1-4H3. The van der Waals surface area contributed by atoms with Crippen molar-refractivity contribution in [2.75, 3.05) is 20.3 Å². The minimum absolute atomic E-state index is 0.0417. The summed E-state index contributed by atoms with van der Waals surface area (Å²) >= 11 is 0. The fraction of sp³-hybridized carbons (Fsp3) is 0.778. The van der Waals surface area contributed by atoms with Crippen LogP contribution in [-0.2, 0) is 33.4 Å². The van der Waals surface area contributed by atoms with Gasteiger partial charge in [-0.15, -0.1) is 0 Å². The van der Waals surface area contributed by atoms with E-state index >= 15 is 0 Å². The summed E-state index contributed by atoms with van der Waals surface area (Å²) in [5.41, 5.74) is 0.0330. The van der Waals surface area contributed by atoms with Gasteiger partial charge in [0.05, 0.1) is 23.8 Å². The number of ketones is 1. The molecule has 2 atom stereocenters. The molecular formula is C36H63N3O9. The number of aldehydes is 1. The predicted octanol–water partition coefficient (Wildman–Crippen LogP) is 6.20. The Morgan fingerprint density at radius 2 is 1.60 bits per heavy atom. The number of nitrogens with one attached hydrogen (secondary N) is 2. The van der Waals surface area contributed by atoms with Crippen molar-refractivity contribution in [2.45, 2.75) is 151 Å². The molecule has 2 amide bonds. The Balaban J connectivity index is 0.00000335. The van der Waals surface area contributed by atoms with Crippen molar-refractivity contribution in [2.24, 2.45) is 16.3 Å². The van der Waals surface area contributed by atoms with Gasteiger partial charge in [-0.05, 0) is 91.9 Å². The van der Waals surface area contributed by atoms with Gasteiger partial charge in [-0.2, -0.15) is 0 Å². The number of carbonyl (C=O) groups is 5. The summed E-state index contributed by atoms with van der Waals surface area (Å²) in [6.07, 6.45) is 3.22. The van der Waals surface area contributed by atoms with E-state index in [1.54, 1.807) is 34.8 Å². The van der Waals surface area contributed by atoms with Crippen LogP contribution in [0.15, 0.2) is 16.3 Å². The minimum Gasteiger partial charge on any atom is -0.511 e. The highest BCUT2D eigenvalue weighted by molar-refractivity contribution is 6.23. The van der Waals surface area contributed by atoms with Crippen molar-refractivity contribution in [3.8, 4) is 0 Å². The number of amides is 2. The summed E-state index contributed by atoms with van der Waals surface area (Å²) in [5, 5.41) is 15.7. The number of carbonyl (C=O) groups excluding carboxylic acids is 5. The molecule has 1 rings (SSSR count). The van der Waals surface area contributed by atoms with Crippen molar-refractivity contribution in [1.82, 2.24) is 10.6 Å². The van der Waals surface area contributed by atoms with E-state index in [1.807, 2.05) is 48.5 Å². The Hall–Kier alpha value is -3.28. The third kappa shape index (κ3) is 20.2. The molecule has 12 heteroatoms. The third-order valence-electron chi connectivity index (χ3n) is 7.00. The Morgan fingerprint density at radius 3 is 2.08 bits per heavy atom. The highest BCUT2D eigenvalue weighted by Gasteiger charge is 2.35. The van der Waals surface area contributed by atoms with Gasteiger partial charge in [-0.3, -0.25) is 14.6 Å². The van der Waals surface area contributed by atoms with Gasteiger partial charge in [0.2, 0.25) is 0 Å². The SMILES string of the molecule is CCOC(=O)C(CCCCN=C(CC(C)C)C1=C(O)CC(C)(C)CC1=O)NC(=O)NC(C=O)CCC(=O)OC(C)(C)C.COC(C)(C)C. The van der Waals surface area contributed by atoms with E-state index < -0.39 is 35.7 Å². The van der Waals surface area contributed by atoms with Crippen molar-refractivity contribution in [3.63, 3.8) is 0 Å². The van der Waals surface area contributed by atoms with Crippen molar-refractivity contribution in [3.05, 3.63) is 11.3 Å². The first-order valence-corrected chi connectivity index (χ1v) is 17.0. The van der Waals surface area contributed by atoms with E-state index in [0.717, 1.165) is 0 Å². The van der Waals surface area contributed by atoms with E-state index in [4.69, 9.17) is 14.2 Å². The normalized spacial score (nSPS) is 16.4. The summed E-state index contributed by atoms with van der Waals surface area (Å²) in [7, 11) is 1.71. The van der Waals surface area contributed by atoms with Crippen molar-refractivity contribution in [1.29, 1.82) is 0 Å². The summed E-state index contributed by atoms with van der Waals surface area (Å²) < 4.78 is 15.3. The first kappa shape index (κ1) is 44.7. The van der Waals surface area contributed by atoms with Gasteiger partial charge in [0.15, 0.2) is 5.78 Å². The second-order valence-electron chi connectivity index (χ2n) is 15.3. The van der Waals surface area contributed by atoms with Crippen LogP contribution in [0, 0.1) is 11.3 Å². The maximum absolute atomic E-state index is 12.8. The summed E-state index contributed by atoms with van der Waals surface area (Å²) in [4.78, 5) is 66.0. The van der Waals surface area contributed by atoms with Gasteiger partial charge in [0.1, 0.15) is 23.7 Å². The number of hydrogen-bond acceptors (Lipinski definition) is 10. The molecule has 0 radical (unpaired) electrons. The Morgan fingerprint density at radius 1 is 1.00 bits per heavy atom. The second kappa shape index (κ2) is 20.9. The molecule has 12 nitrogen and oxygen atoms in total. The largest absolute Gasteiger partial charge is 0.511 e. The van der Waals surface area contributed by atoms with Crippen LogP contribution in [0.25, 0.3) is 0 Å². The zero-order valence-electron chi connectivity index (χ0n) is 31.5. The van der Waals surface area contributed by atoms with Crippen LogP contribution in [0.1, 0.15) is 128 Å². The van der Waals surface area contributed by atoms with E-state index in [9.17, 15) is 29.1 Å². The van der Waals surface area contributed by atoms with Crippen molar-refractivity contribution >= 4 is 35.8 Å². The van der Waals surface area contributed by atoms with Crippen molar-refractivity contribution < 1.29 is 43.3 Å². The summed E-state index contributed by atoms with van der Waals surface area (Å²) in [5.74, 6) is -0.850. The molecule has 0 saturated heterocycles. The highest BCUT2D eigenvalue weighted by Crippen LogP contribution is 2.36. The summed E-state index contributed by atoms with van der Waals surface area (Å²) in [6, 6.07) is -2.61. The molecule has 0 aliphatic heterocycles. The molecule has 0 spiro atoms. The maximum Gasteiger partial charge on any atom is 0.328 e. The summed E-state index contributed by atoms with van der Waals surface area (Å²) in [6.45, 7) is 21.4. The molecule has 0 saturated carbocycles. The molecule has 3 N–H and O–H groups in total. The number of ether oxygens (including phenoxy) is 3. The average molecular weight is 682 g/mol. The molecule has 1 aliphatic carbocycles. The Kier molecular flexibility index (Phi) is 19.5. The number of Topliss-reactive ketones (excluding diaryl/α,β-unsaturated/α-hetero) is 1. The number of nitrogens with zero attached hydrogens (tertiary/aromatic N) is 1. The molecule has 48 heavy (non-hydrogen) atoms. The minimum atomic E-state index is -0.948. The molecule has 0 fully saturated rings. The molecule has 276 valence electrons. The smallest absolute Gasteiger partial charge is 0.328 e. The van der Waals surface area contributed by atoms with Crippen LogP contribution in [0.3, 0.4) is 0 Å². The van der Waals surface area contributed by atoms with Gasteiger partial charge in [0.25, 0.3) is 0 Å². The number of urea groups is 1. The second-order valence-corrected chi connectivity index (χ2v) is 15.3. The number of aliphatic imine (C=N–C) groups is 1. The zero-order chi connectivity index (χ0) is 37.3. The highest BCUT2D eigenvalue weighted by atomic mass is 16.6. The van der Waals surface area contributed by atoms with Crippen LogP contribution in [-0.4, -0.2) is 84.4 Å². The molecule has 0 aromatic heterocycles. The zero-order valence-corrected chi connectivity index (χ0v) is 31.5. The number of esters is 2. The monoisotopic (exact) mass is 681 g/mol. The number of methoxy groups -OCH3 is 1. The Bertz CT molecular complexity index is 1130. The predicted molar refractivity (Wildman–Crippen MR) is 187 cm³/mol. The Labute approximate surface area is 288 Å². The molecule has 0 heterocycles. The lowest BCUT2D eigenvalue weighted by molar-refractivity contribution is -0.155. The van der Waals surface area contributed by atoms with E-state index in [0.29, 0.717) is 56.2 Å². The van der Waals surface area contributed by atoms with Gasteiger partial charge >= 0.3 is 18.0 Å². The number of unbranched alkanes of at least 4 members (excludes halogenated alkanes) is 1. The fourth-order valence-corrected chi connectivity index (χ4v) is 4.62. The third-order valence-corrected chi connectivity index (χ3v) is 7.00. The molecule has 0 bridgehead atoms. The van der Waals surface area contributed by atoms with E-state index in [-0.39, 0.29) is 54.3 Å². The lowest BCUT2D eigenvalue weighted by Crippen LogP contribution is -2.50. The lowest BCUT2D eigenvalue weighted by atomic mass is 9.75. The molecule has 0 aromatic rings. The number of hydrogen-bond donors (Lipinski definition) is 3. The maximum atomic E-state index is 12.8. The number of allylic oxidation sites excluding steroid dienone is 2. The van der Waals surface area contributed by atoms with E-state index in [2.05, 4.69) is 15.6 Å². The van der Waals surface area contributed by atoms with Gasteiger partial charge in [-0.1, -0.05) is 27.7 Å². The van der Waals surface area contributed by atoms with Crippen LogP contribution < -0.4 is 10.6 Å². The molecular weight excluding hydrogens is 618 g/mol. The number of aliphatic hydroxyl groups excluding tert-OH is 1. The molecule has 2 unspecified atom stereocenters. The van der Waals surface area contributed by atoms with Crippen LogP contribution in [0.5, 0.6) is 0 Å². The number of aliphatic hydroxyl groups is 1. The topological polar surface area (TPSA) is 170 Å². The van der Waals surface area contributed by atoms with E-state index in [1.165, 1.54) is 0 Å². The van der Waals surface area contributed by atoms with Gasteiger partial charge < -0.3 is 34.7 Å². The van der Waals surface area contributed by atoms with Gasteiger partial charge in [0, 0.05) is 38.6 Å². The van der Waals surface area contributed by atoms with Crippen LogP contribution in [0.4, 0.5) is 4.79 Å². The number of rotatable bonds is 16. The fourth-order valence-electron chi connectivity index (χ4n) is 4.62. The quantitative estimate of drug-likeness (QED) is 0.0743.